The van der Waals surface area contributed by atoms with E-state index in [2.05, 4.69) is 10.0 Å². The summed E-state index contributed by atoms with van der Waals surface area (Å²) in [5.41, 5.74) is 2.16. The van der Waals surface area contributed by atoms with Crippen molar-refractivity contribution >= 4 is 33.2 Å². The zero-order valence-corrected chi connectivity index (χ0v) is 17.0. The lowest BCUT2D eigenvalue weighted by Crippen LogP contribution is -2.40. The average Bonchev–Trinajstić information content (AvgIpc) is 2.48. The molecule has 26 heavy (non-hydrogen) atoms. The molecule has 0 aliphatic heterocycles. The number of aryl methyl sites for hydroxylation is 2. The van der Waals surface area contributed by atoms with Crippen molar-refractivity contribution in [2.75, 3.05) is 5.32 Å². The summed E-state index contributed by atoms with van der Waals surface area (Å²) in [6.45, 7) is 9.01. The molecule has 0 radical (unpaired) electrons. The van der Waals surface area contributed by atoms with Crippen molar-refractivity contribution in [3.8, 4) is 0 Å². The molecular formula is C19H23ClN2O3S. The Hall–Kier alpha value is -1.89. The minimum Gasteiger partial charge on any atom is -0.322 e. The maximum Gasteiger partial charge on any atom is 0.255 e. The Balaban J connectivity index is 2.37. The van der Waals surface area contributed by atoms with E-state index < -0.39 is 21.5 Å². The largest absolute Gasteiger partial charge is 0.322 e. The van der Waals surface area contributed by atoms with E-state index in [0.717, 1.165) is 11.1 Å². The van der Waals surface area contributed by atoms with Gasteiger partial charge < -0.3 is 5.32 Å². The van der Waals surface area contributed by atoms with Crippen molar-refractivity contribution < 1.29 is 13.2 Å². The van der Waals surface area contributed by atoms with E-state index in [9.17, 15) is 13.2 Å². The number of carbonyl (C=O) groups excluding carboxylic acids is 1. The van der Waals surface area contributed by atoms with Gasteiger partial charge in [-0.05, 0) is 70.0 Å². The zero-order valence-electron chi connectivity index (χ0n) is 15.5. The van der Waals surface area contributed by atoms with Crippen molar-refractivity contribution in [1.29, 1.82) is 0 Å². The molecule has 1 amide bonds. The van der Waals surface area contributed by atoms with Crippen LogP contribution in [0.3, 0.4) is 0 Å². The molecular weight excluding hydrogens is 372 g/mol. The molecule has 5 nitrogen and oxygen atoms in total. The lowest BCUT2D eigenvalue weighted by atomic mass is 10.1. The molecule has 0 saturated heterocycles. The monoisotopic (exact) mass is 394 g/mol. The van der Waals surface area contributed by atoms with Crippen LogP contribution in [-0.2, 0) is 10.0 Å². The van der Waals surface area contributed by atoms with Gasteiger partial charge in [0.2, 0.25) is 10.0 Å². The van der Waals surface area contributed by atoms with Crippen LogP contribution in [-0.4, -0.2) is 19.9 Å². The summed E-state index contributed by atoms with van der Waals surface area (Å²) >= 11 is 6.07. The van der Waals surface area contributed by atoms with Gasteiger partial charge in [-0.25, -0.2) is 13.1 Å². The van der Waals surface area contributed by atoms with E-state index in [0.29, 0.717) is 5.69 Å². The van der Waals surface area contributed by atoms with Crippen LogP contribution in [0.1, 0.15) is 42.3 Å². The number of benzene rings is 2. The topological polar surface area (TPSA) is 75.3 Å². The number of halogens is 1. The fraction of sp³-hybridized carbons (Fsp3) is 0.316. The van der Waals surface area contributed by atoms with Gasteiger partial charge >= 0.3 is 0 Å². The Morgan fingerprint density at radius 2 is 1.69 bits per heavy atom. The first-order chi connectivity index (χ1) is 11.9. The second kappa shape index (κ2) is 7.39. The maximum absolute atomic E-state index is 12.6. The smallest absolute Gasteiger partial charge is 0.255 e. The normalized spacial score (nSPS) is 12.1. The van der Waals surface area contributed by atoms with E-state index in [1.165, 1.54) is 18.2 Å². The summed E-state index contributed by atoms with van der Waals surface area (Å²) in [6, 6.07) is 9.93. The maximum atomic E-state index is 12.6. The number of anilines is 1. The molecule has 2 aromatic carbocycles. The predicted molar refractivity (Wildman–Crippen MR) is 105 cm³/mol. The van der Waals surface area contributed by atoms with Gasteiger partial charge in [0.1, 0.15) is 4.90 Å². The van der Waals surface area contributed by atoms with E-state index in [1.54, 1.807) is 20.8 Å². The molecule has 140 valence electrons. The van der Waals surface area contributed by atoms with Gasteiger partial charge in [-0.3, -0.25) is 4.79 Å². The van der Waals surface area contributed by atoms with Crippen molar-refractivity contribution in [3.05, 3.63) is 58.1 Å². The summed E-state index contributed by atoms with van der Waals surface area (Å²) in [4.78, 5) is 12.5. The Bertz CT molecular complexity index is 948. The fourth-order valence-corrected chi connectivity index (χ4v) is 4.32. The Labute approximate surface area is 159 Å². The molecule has 0 aromatic heterocycles. The van der Waals surface area contributed by atoms with E-state index in [-0.39, 0.29) is 15.5 Å². The summed E-state index contributed by atoms with van der Waals surface area (Å²) in [7, 11) is -3.85. The quantitative estimate of drug-likeness (QED) is 0.812. The van der Waals surface area contributed by atoms with Gasteiger partial charge in [0, 0.05) is 16.8 Å². The van der Waals surface area contributed by atoms with Crippen molar-refractivity contribution in [1.82, 2.24) is 4.72 Å². The van der Waals surface area contributed by atoms with E-state index in [1.807, 2.05) is 32.0 Å². The highest BCUT2D eigenvalue weighted by molar-refractivity contribution is 7.89. The van der Waals surface area contributed by atoms with Crippen molar-refractivity contribution in [2.45, 2.75) is 45.1 Å². The molecule has 0 aliphatic carbocycles. The summed E-state index contributed by atoms with van der Waals surface area (Å²) in [5.74, 6) is -0.400. The SMILES string of the molecule is Cc1ccc(C)c(NC(=O)c2ccc(Cl)c(S(=O)(=O)NC(C)(C)C)c2)c1. The average molecular weight is 395 g/mol. The minimum atomic E-state index is -3.85. The van der Waals surface area contributed by atoms with Crippen molar-refractivity contribution in [2.24, 2.45) is 0 Å². The zero-order chi connectivity index (χ0) is 19.7. The number of sulfonamides is 1. The first-order valence-electron chi connectivity index (χ1n) is 8.11. The van der Waals surface area contributed by atoms with Crippen LogP contribution < -0.4 is 10.0 Å². The Morgan fingerprint density at radius 3 is 2.31 bits per heavy atom. The van der Waals surface area contributed by atoms with Crippen molar-refractivity contribution in [3.63, 3.8) is 0 Å². The van der Waals surface area contributed by atoms with Crippen LogP contribution in [0.15, 0.2) is 41.3 Å². The highest BCUT2D eigenvalue weighted by Crippen LogP contribution is 2.25. The molecule has 0 spiro atoms. The van der Waals surface area contributed by atoms with Gasteiger partial charge in [-0.15, -0.1) is 0 Å². The molecule has 2 aromatic rings. The number of hydrogen-bond acceptors (Lipinski definition) is 3. The molecule has 2 N–H and O–H groups in total. The second-order valence-electron chi connectivity index (χ2n) is 7.27. The fourth-order valence-electron chi connectivity index (χ4n) is 2.37. The highest BCUT2D eigenvalue weighted by Gasteiger charge is 2.25. The molecule has 7 heteroatoms. The predicted octanol–water partition coefficient (Wildman–Crippen LogP) is 4.29. The molecule has 0 aliphatic rings. The first-order valence-corrected chi connectivity index (χ1v) is 9.97. The molecule has 0 unspecified atom stereocenters. The van der Waals surface area contributed by atoms with Crippen LogP contribution in [0.5, 0.6) is 0 Å². The summed E-state index contributed by atoms with van der Waals surface area (Å²) in [5, 5.41) is 2.88. The number of carbonyl (C=O) groups is 1. The number of nitrogens with one attached hydrogen (secondary N) is 2. The highest BCUT2D eigenvalue weighted by atomic mass is 35.5. The second-order valence-corrected chi connectivity index (χ2v) is 9.33. The third-order valence-electron chi connectivity index (χ3n) is 3.56. The molecule has 2 rings (SSSR count). The van der Waals surface area contributed by atoms with Crippen LogP contribution in [0, 0.1) is 13.8 Å². The van der Waals surface area contributed by atoms with Gasteiger partial charge in [0.25, 0.3) is 5.91 Å². The first kappa shape index (κ1) is 20.4. The summed E-state index contributed by atoms with van der Waals surface area (Å²) < 4.78 is 27.7. The van der Waals surface area contributed by atoms with Crippen LogP contribution in [0.4, 0.5) is 5.69 Å². The lowest BCUT2D eigenvalue weighted by molar-refractivity contribution is 0.102. The standard InChI is InChI=1S/C19H23ClN2O3S/c1-12-6-7-13(2)16(10-12)21-18(23)14-8-9-15(20)17(11-14)26(24,25)22-19(3,4)5/h6-11,22H,1-5H3,(H,21,23). The van der Waals surface area contributed by atoms with Crippen LogP contribution in [0.2, 0.25) is 5.02 Å². The molecule has 0 atom stereocenters. The Morgan fingerprint density at radius 1 is 1.04 bits per heavy atom. The third-order valence-corrected chi connectivity index (χ3v) is 5.80. The number of rotatable bonds is 4. The van der Waals surface area contributed by atoms with Gasteiger partial charge in [-0.1, -0.05) is 23.7 Å². The van der Waals surface area contributed by atoms with Gasteiger partial charge in [0.15, 0.2) is 0 Å². The van der Waals surface area contributed by atoms with E-state index >= 15 is 0 Å². The summed E-state index contributed by atoms with van der Waals surface area (Å²) in [6.07, 6.45) is 0. The van der Waals surface area contributed by atoms with Gasteiger partial charge in [0.05, 0.1) is 5.02 Å². The number of amides is 1. The van der Waals surface area contributed by atoms with Crippen LogP contribution >= 0.6 is 11.6 Å². The number of hydrogen-bond donors (Lipinski definition) is 2. The van der Waals surface area contributed by atoms with Gasteiger partial charge in [-0.2, -0.15) is 0 Å². The molecule has 0 saturated carbocycles. The lowest BCUT2D eigenvalue weighted by Gasteiger charge is -2.21. The minimum absolute atomic E-state index is 0.0602. The van der Waals surface area contributed by atoms with E-state index in [4.69, 9.17) is 11.6 Å². The molecule has 0 fully saturated rings. The third kappa shape index (κ3) is 5.06. The molecule has 0 bridgehead atoms. The Kier molecular flexibility index (Phi) is 5.80. The molecule has 0 heterocycles. The van der Waals surface area contributed by atoms with Crippen LogP contribution in [0.25, 0.3) is 0 Å².